The fourth-order valence-electron chi connectivity index (χ4n) is 2.39. The lowest BCUT2D eigenvalue weighted by atomic mass is 9.95. The Balaban J connectivity index is 1.60. The first kappa shape index (κ1) is 15.0. The van der Waals surface area contributed by atoms with Crippen LogP contribution in [0.4, 0.5) is 0 Å². The predicted molar refractivity (Wildman–Crippen MR) is 79.3 cm³/mol. The monoisotopic (exact) mass is 276 g/mol. The molecule has 0 aliphatic carbocycles. The number of benzene rings is 1. The molecule has 110 valence electrons. The van der Waals surface area contributed by atoms with Crippen LogP contribution < -0.4 is 10.6 Å². The Morgan fingerprint density at radius 1 is 1.40 bits per heavy atom. The molecule has 2 rings (SSSR count). The standard InChI is InChI=1S/C16H24N2O2/c1-13-7-9-17-11-15(13)18-16(19)8-10-20-12-14-5-3-2-4-6-14/h2-6,13,15,17H,7-12H2,1H3,(H,18,19). The average molecular weight is 276 g/mol. The van der Waals surface area contributed by atoms with Crippen LogP contribution in [-0.4, -0.2) is 31.6 Å². The highest BCUT2D eigenvalue weighted by molar-refractivity contribution is 5.76. The molecule has 0 saturated carbocycles. The van der Waals surface area contributed by atoms with E-state index in [1.165, 1.54) is 0 Å². The maximum atomic E-state index is 11.8. The second kappa shape index (κ2) is 8.02. The number of hydrogen-bond acceptors (Lipinski definition) is 3. The van der Waals surface area contributed by atoms with E-state index >= 15 is 0 Å². The fraction of sp³-hybridized carbons (Fsp3) is 0.562. The Kier molecular flexibility index (Phi) is 6.02. The third-order valence-electron chi connectivity index (χ3n) is 3.76. The van der Waals surface area contributed by atoms with Gasteiger partial charge >= 0.3 is 0 Å². The van der Waals surface area contributed by atoms with Crippen LogP contribution in [0, 0.1) is 5.92 Å². The lowest BCUT2D eigenvalue weighted by Gasteiger charge is -2.30. The number of carbonyl (C=O) groups is 1. The van der Waals surface area contributed by atoms with Crippen LogP contribution >= 0.6 is 0 Å². The maximum absolute atomic E-state index is 11.8. The van der Waals surface area contributed by atoms with Crippen LogP contribution in [0.1, 0.15) is 25.3 Å². The molecule has 1 fully saturated rings. The third kappa shape index (κ3) is 4.94. The highest BCUT2D eigenvalue weighted by atomic mass is 16.5. The number of hydrogen-bond donors (Lipinski definition) is 2. The molecule has 0 aromatic heterocycles. The Hall–Kier alpha value is -1.39. The number of piperidine rings is 1. The first-order chi connectivity index (χ1) is 9.75. The Morgan fingerprint density at radius 3 is 2.95 bits per heavy atom. The number of ether oxygens (including phenoxy) is 1. The molecule has 0 spiro atoms. The first-order valence-electron chi connectivity index (χ1n) is 7.37. The van der Waals surface area contributed by atoms with Gasteiger partial charge in [-0.1, -0.05) is 37.3 Å². The minimum absolute atomic E-state index is 0.0820. The van der Waals surface area contributed by atoms with Crippen LogP contribution in [0.2, 0.25) is 0 Å². The minimum atomic E-state index is 0.0820. The second-order valence-corrected chi connectivity index (χ2v) is 5.43. The SMILES string of the molecule is CC1CCNCC1NC(=O)CCOCc1ccccc1. The van der Waals surface area contributed by atoms with Gasteiger partial charge in [0.1, 0.15) is 0 Å². The van der Waals surface area contributed by atoms with E-state index in [1.807, 2.05) is 30.3 Å². The Labute approximate surface area is 120 Å². The number of amides is 1. The van der Waals surface area contributed by atoms with E-state index in [4.69, 9.17) is 4.74 Å². The molecular formula is C16H24N2O2. The van der Waals surface area contributed by atoms with Crippen LogP contribution in [0.3, 0.4) is 0 Å². The largest absolute Gasteiger partial charge is 0.376 e. The molecule has 1 aliphatic heterocycles. The molecule has 2 N–H and O–H groups in total. The van der Waals surface area contributed by atoms with Crippen molar-refractivity contribution in [1.82, 2.24) is 10.6 Å². The van der Waals surface area contributed by atoms with Gasteiger partial charge in [0.25, 0.3) is 0 Å². The van der Waals surface area contributed by atoms with Gasteiger partial charge in [-0.3, -0.25) is 4.79 Å². The number of rotatable bonds is 6. The summed E-state index contributed by atoms with van der Waals surface area (Å²) in [5.74, 6) is 0.629. The zero-order valence-electron chi connectivity index (χ0n) is 12.1. The molecule has 4 nitrogen and oxygen atoms in total. The molecule has 1 aromatic rings. The van der Waals surface area contributed by atoms with E-state index in [0.717, 1.165) is 25.1 Å². The van der Waals surface area contributed by atoms with E-state index in [1.54, 1.807) is 0 Å². The molecule has 1 saturated heterocycles. The maximum Gasteiger partial charge on any atom is 0.222 e. The highest BCUT2D eigenvalue weighted by Crippen LogP contribution is 2.11. The van der Waals surface area contributed by atoms with Crippen LogP contribution in [0.5, 0.6) is 0 Å². The summed E-state index contributed by atoms with van der Waals surface area (Å²) >= 11 is 0. The van der Waals surface area contributed by atoms with Crippen molar-refractivity contribution in [3.8, 4) is 0 Å². The Bertz CT molecular complexity index is 408. The molecule has 1 aliphatic rings. The molecule has 2 atom stereocenters. The van der Waals surface area contributed by atoms with Crippen molar-refractivity contribution in [1.29, 1.82) is 0 Å². The quantitative estimate of drug-likeness (QED) is 0.778. The molecule has 20 heavy (non-hydrogen) atoms. The molecule has 0 radical (unpaired) electrons. The summed E-state index contributed by atoms with van der Waals surface area (Å²) in [6.45, 7) is 5.15. The highest BCUT2D eigenvalue weighted by Gasteiger charge is 2.22. The topological polar surface area (TPSA) is 50.4 Å². The van der Waals surface area contributed by atoms with Gasteiger partial charge in [-0.25, -0.2) is 0 Å². The van der Waals surface area contributed by atoms with Gasteiger partial charge in [-0.15, -0.1) is 0 Å². The van der Waals surface area contributed by atoms with E-state index < -0.39 is 0 Å². The molecule has 1 heterocycles. The van der Waals surface area contributed by atoms with Crippen LogP contribution in [0.25, 0.3) is 0 Å². The van der Waals surface area contributed by atoms with Crippen molar-refractivity contribution < 1.29 is 9.53 Å². The van der Waals surface area contributed by atoms with E-state index in [-0.39, 0.29) is 11.9 Å². The second-order valence-electron chi connectivity index (χ2n) is 5.43. The lowest BCUT2D eigenvalue weighted by Crippen LogP contribution is -2.50. The Morgan fingerprint density at radius 2 is 2.20 bits per heavy atom. The van der Waals surface area contributed by atoms with Crippen molar-refractivity contribution in [2.24, 2.45) is 5.92 Å². The van der Waals surface area contributed by atoms with Gasteiger partial charge in [0.05, 0.1) is 13.2 Å². The predicted octanol–water partition coefficient (Wildman–Crippen LogP) is 1.71. The normalized spacial score (nSPS) is 22.4. The number of nitrogens with one attached hydrogen (secondary N) is 2. The third-order valence-corrected chi connectivity index (χ3v) is 3.76. The van der Waals surface area contributed by atoms with Crippen LogP contribution in [-0.2, 0) is 16.1 Å². The van der Waals surface area contributed by atoms with E-state index in [0.29, 0.717) is 25.6 Å². The molecule has 1 aromatic carbocycles. The van der Waals surface area contributed by atoms with E-state index in [2.05, 4.69) is 17.6 Å². The average Bonchev–Trinajstić information content (AvgIpc) is 2.47. The molecule has 4 heteroatoms. The van der Waals surface area contributed by atoms with Gasteiger partial charge in [0.15, 0.2) is 0 Å². The van der Waals surface area contributed by atoms with Crippen molar-refractivity contribution in [2.45, 2.75) is 32.4 Å². The van der Waals surface area contributed by atoms with E-state index in [9.17, 15) is 4.79 Å². The van der Waals surface area contributed by atoms with Gasteiger partial charge in [-0.05, 0) is 24.4 Å². The fourth-order valence-corrected chi connectivity index (χ4v) is 2.39. The summed E-state index contributed by atoms with van der Waals surface area (Å²) in [5, 5.41) is 6.40. The number of carbonyl (C=O) groups excluding carboxylic acids is 1. The molecule has 0 bridgehead atoms. The van der Waals surface area contributed by atoms with Crippen molar-refractivity contribution in [2.75, 3.05) is 19.7 Å². The van der Waals surface area contributed by atoms with Crippen molar-refractivity contribution in [3.63, 3.8) is 0 Å². The first-order valence-corrected chi connectivity index (χ1v) is 7.37. The van der Waals surface area contributed by atoms with Gasteiger partial charge in [-0.2, -0.15) is 0 Å². The summed E-state index contributed by atoms with van der Waals surface area (Å²) < 4.78 is 5.53. The molecular weight excluding hydrogens is 252 g/mol. The van der Waals surface area contributed by atoms with Gasteiger partial charge < -0.3 is 15.4 Å². The zero-order chi connectivity index (χ0) is 14.2. The molecule has 2 unspecified atom stereocenters. The van der Waals surface area contributed by atoms with Gasteiger partial charge in [0, 0.05) is 19.0 Å². The lowest BCUT2D eigenvalue weighted by molar-refractivity contribution is -0.123. The van der Waals surface area contributed by atoms with Crippen molar-refractivity contribution >= 4 is 5.91 Å². The zero-order valence-corrected chi connectivity index (χ0v) is 12.1. The smallest absolute Gasteiger partial charge is 0.222 e. The summed E-state index contributed by atoms with van der Waals surface area (Å²) in [5.41, 5.74) is 1.14. The minimum Gasteiger partial charge on any atom is -0.376 e. The molecule has 1 amide bonds. The summed E-state index contributed by atoms with van der Waals surface area (Å²) in [7, 11) is 0. The summed E-state index contributed by atoms with van der Waals surface area (Å²) in [6.07, 6.45) is 1.55. The van der Waals surface area contributed by atoms with Gasteiger partial charge in [0.2, 0.25) is 5.91 Å². The summed E-state index contributed by atoms with van der Waals surface area (Å²) in [6, 6.07) is 10.3. The summed E-state index contributed by atoms with van der Waals surface area (Å²) in [4.78, 5) is 11.8. The van der Waals surface area contributed by atoms with Crippen LogP contribution in [0.15, 0.2) is 30.3 Å². The van der Waals surface area contributed by atoms with Crippen molar-refractivity contribution in [3.05, 3.63) is 35.9 Å².